The van der Waals surface area contributed by atoms with Crippen molar-refractivity contribution < 1.29 is 24.2 Å². The number of hydrogen-bond donors (Lipinski definition) is 3. The van der Waals surface area contributed by atoms with E-state index in [0.29, 0.717) is 23.5 Å². The van der Waals surface area contributed by atoms with E-state index >= 15 is 0 Å². The van der Waals surface area contributed by atoms with Gasteiger partial charge in [0.15, 0.2) is 6.10 Å². The molecule has 2 amide bonds. The standard InChI is InChI=1S/C14H14N2O5/c1-6-12(17)16-10-4-7(2-3-11(10)21-6)15-13(18)8-5-9(8)14(19)20/h2-4,6,8-9H,5H2,1H3,(H,15,18)(H,16,17)(H,19,20)/t6?,8-,9+/m1/s1. The summed E-state index contributed by atoms with van der Waals surface area (Å²) in [5.41, 5.74) is 0.981. The fourth-order valence-electron chi connectivity index (χ4n) is 2.28. The molecule has 3 atom stereocenters. The summed E-state index contributed by atoms with van der Waals surface area (Å²) in [5.74, 6) is -2.06. The molecular weight excluding hydrogens is 276 g/mol. The molecule has 21 heavy (non-hydrogen) atoms. The molecule has 1 aliphatic heterocycles. The van der Waals surface area contributed by atoms with E-state index in [9.17, 15) is 14.4 Å². The Balaban J connectivity index is 1.70. The van der Waals surface area contributed by atoms with Crippen LogP contribution in [0.1, 0.15) is 13.3 Å². The Bertz CT molecular complexity index is 642. The van der Waals surface area contributed by atoms with Crippen molar-refractivity contribution in [2.75, 3.05) is 10.6 Å². The third-order valence-electron chi connectivity index (χ3n) is 3.62. The maximum absolute atomic E-state index is 11.9. The Morgan fingerprint density at radius 3 is 2.81 bits per heavy atom. The van der Waals surface area contributed by atoms with Crippen molar-refractivity contribution in [3.63, 3.8) is 0 Å². The number of nitrogens with one attached hydrogen (secondary N) is 2. The minimum Gasteiger partial charge on any atom is -0.481 e. The van der Waals surface area contributed by atoms with Crippen LogP contribution in [0.4, 0.5) is 11.4 Å². The number of fused-ring (bicyclic) bond motifs is 1. The number of carboxylic acid groups (broad SMARTS) is 1. The first-order valence-electron chi connectivity index (χ1n) is 6.61. The average molecular weight is 290 g/mol. The van der Waals surface area contributed by atoms with Gasteiger partial charge in [0.05, 0.1) is 17.5 Å². The van der Waals surface area contributed by atoms with Gasteiger partial charge in [-0.2, -0.15) is 0 Å². The van der Waals surface area contributed by atoms with Gasteiger partial charge >= 0.3 is 5.97 Å². The van der Waals surface area contributed by atoms with E-state index < -0.39 is 23.9 Å². The molecule has 1 saturated carbocycles. The Kier molecular flexibility index (Phi) is 3.04. The molecule has 3 N–H and O–H groups in total. The molecule has 1 aromatic carbocycles. The summed E-state index contributed by atoms with van der Waals surface area (Å²) in [7, 11) is 0. The lowest BCUT2D eigenvalue weighted by Gasteiger charge is -2.23. The van der Waals surface area contributed by atoms with Gasteiger partial charge < -0.3 is 20.5 Å². The molecule has 2 aliphatic rings. The second-order valence-electron chi connectivity index (χ2n) is 5.24. The predicted molar refractivity (Wildman–Crippen MR) is 73.0 cm³/mol. The van der Waals surface area contributed by atoms with Crippen molar-refractivity contribution in [3.05, 3.63) is 18.2 Å². The van der Waals surface area contributed by atoms with Crippen molar-refractivity contribution >= 4 is 29.2 Å². The molecular formula is C14H14N2O5. The van der Waals surface area contributed by atoms with Crippen LogP contribution < -0.4 is 15.4 Å². The molecule has 0 saturated heterocycles. The van der Waals surface area contributed by atoms with Crippen LogP contribution >= 0.6 is 0 Å². The second-order valence-corrected chi connectivity index (χ2v) is 5.24. The zero-order valence-electron chi connectivity index (χ0n) is 11.3. The van der Waals surface area contributed by atoms with Crippen LogP contribution in [0.2, 0.25) is 0 Å². The molecule has 1 heterocycles. The third-order valence-corrected chi connectivity index (χ3v) is 3.62. The lowest BCUT2D eigenvalue weighted by molar-refractivity contribution is -0.139. The van der Waals surface area contributed by atoms with E-state index in [-0.39, 0.29) is 11.8 Å². The maximum atomic E-state index is 11.9. The van der Waals surface area contributed by atoms with Crippen LogP contribution in [-0.2, 0) is 14.4 Å². The largest absolute Gasteiger partial charge is 0.481 e. The first-order chi connectivity index (χ1) is 9.95. The van der Waals surface area contributed by atoms with Crippen LogP contribution in [0, 0.1) is 11.8 Å². The minimum atomic E-state index is -0.949. The predicted octanol–water partition coefficient (Wildman–Crippen LogP) is 1.07. The van der Waals surface area contributed by atoms with Crippen molar-refractivity contribution in [2.24, 2.45) is 11.8 Å². The van der Waals surface area contributed by atoms with Crippen LogP contribution in [0.25, 0.3) is 0 Å². The van der Waals surface area contributed by atoms with Gasteiger partial charge in [0.1, 0.15) is 5.75 Å². The summed E-state index contributed by atoms with van der Waals surface area (Å²) in [6, 6.07) is 4.90. The quantitative estimate of drug-likeness (QED) is 0.772. The summed E-state index contributed by atoms with van der Waals surface area (Å²) in [6.07, 6.45) is -0.190. The molecule has 3 rings (SSSR count). The van der Waals surface area contributed by atoms with Gasteiger partial charge in [0.25, 0.3) is 5.91 Å². The Labute approximate surface area is 120 Å². The normalized spacial score (nSPS) is 26.1. The van der Waals surface area contributed by atoms with E-state index in [1.807, 2.05) is 0 Å². The van der Waals surface area contributed by atoms with E-state index in [4.69, 9.17) is 9.84 Å². The van der Waals surface area contributed by atoms with Gasteiger partial charge in [0.2, 0.25) is 5.91 Å². The number of amides is 2. The highest BCUT2D eigenvalue weighted by atomic mass is 16.5. The molecule has 1 aromatic rings. The molecule has 1 aliphatic carbocycles. The fourth-order valence-corrected chi connectivity index (χ4v) is 2.28. The fraction of sp³-hybridized carbons (Fsp3) is 0.357. The Morgan fingerprint density at radius 2 is 2.14 bits per heavy atom. The third kappa shape index (κ3) is 2.54. The van der Waals surface area contributed by atoms with E-state index in [1.165, 1.54) is 0 Å². The van der Waals surface area contributed by atoms with E-state index in [1.54, 1.807) is 25.1 Å². The maximum Gasteiger partial charge on any atom is 0.307 e. The average Bonchev–Trinajstić information content (AvgIpc) is 3.21. The molecule has 0 radical (unpaired) electrons. The van der Waals surface area contributed by atoms with Gasteiger partial charge in [-0.05, 0) is 31.5 Å². The second kappa shape index (κ2) is 4.76. The first-order valence-corrected chi connectivity index (χ1v) is 6.61. The molecule has 7 nitrogen and oxygen atoms in total. The number of hydrogen-bond acceptors (Lipinski definition) is 4. The van der Waals surface area contributed by atoms with E-state index in [2.05, 4.69) is 10.6 Å². The SMILES string of the molecule is CC1Oc2ccc(NC(=O)[C@@H]3C[C@@H]3C(=O)O)cc2NC1=O. The van der Waals surface area contributed by atoms with Crippen LogP contribution in [0.15, 0.2) is 18.2 Å². The number of carboxylic acids is 1. The van der Waals surface area contributed by atoms with Crippen LogP contribution in [-0.4, -0.2) is 29.0 Å². The smallest absolute Gasteiger partial charge is 0.307 e. The van der Waals surface area contributed by atoms with Gasteiger partial charge in [-0.25, -0.2) is 0 Å². The zero-order chi connectivity index (χ0) is 15.1. The van der Waals surface area contributed by atoms with Gasteiger partial charge in [-0.1, -0.05) is 0 Å². The zero-order valence-corrected chi connectivity index (χ0v) is 11.3. The number of ether oxygens (including phenoxy) is 1. The number of carbonyl (C=O) groups is 3. The molecule has 0 aromatic heterocycles. The van der Waals surface area contributed by atoms with Gasteiger partial charge in [0, 0.05) is 5.69 Å². The summed E-state index contributed by atoms with van der Waals surface area (Å²) in [6.45, 7) is 1.65. The minimum absolute atomic E-state index is 0.251. The molecule has 1 unspecified atom stereocenters. The Morgan fingerprint density at radius 1 is 1.38 bits per heavy atom. The monoisotopic (exact) mass is 290 g/mol. The highest BCUT2D eigenvalue weighted by Crippen LogP contribution is 2.40. The Hall–Kier alpha value is -2.57. The van der Waals surface area contributed by atoms with Crippen molar-refractivity contribution in [1.29, 1.82) is 0 Å². The summed E-state index contributed by atoms with van der Waals surface area (Å²) in [4.78, 5) is 34.2. The molecule has 0 spiro atoms. The highest BCUT2D eigenvalue weighted by Gasteiger charge is 2.48. The first kappa shape index (κ1) is 13.4. The van der Waals surface area contributed by atoms with Crippen molar-refractivity contribution in [1.82, 2.24) is 0 Å². The summed E-state index contributed by atoms with van der Waals surface area (Å²) in [5, 5.41) is 14.1. The van der Waals surface area contributed by atoms with E-state index in [0.717, 1.165) is 0 Å². The molecule has 0 bridgehead atoms. The highest BCUT2D eigenvalue weighted by molar-refractivity contribution is 6.01. The number of carbonyl (C=O) groups excluding carboxylic acids is 2. The van der Waals surface area contributed by atoms with Crippen LogP contribution in [0.3, 0.4) is 0 Å². The van der Waals surface area contributed by atoms with Crippen molar-refractivity contribution in [3.8, 4) is 5.75 Å². The van der Waals surface area contributed by atoms with Crippen LogP contribution in [0.5, 0.6) is 5.75 Å². The number of benzene rings is 1. The lowest BCUT2D eigenvalue weighted by Crippen LogP contribution is -2.34. The summed E-state index contributed by atoms with van der Waals surface area (Å²) >= 11 is 0. The lowest BCUT2D eigenvalue weighted by atomic mass is 10.2. The number of anilines is 2. The van der Waals surface area contributed by atoms with Gasteiger partial charge in [-0.15, -0.1) is 0 Å². The molecule has 110 valence electrons. The number of rotatable bonds is 3. The van der Waals surface area contributed by atoms with Gasteiger partial charge in [-0.3, -0.25) is 14.4 Å². The number of aliphatic carboxylic acids is 1. The molecule has 1 fully saturated rings. The molecule has 7 heteroatoms. The topological polar surface area (TPSA) is 105 Å². The summed E-state index contributed by atoms with van der Waals surface area (Å²) < 4.78 is 5.41. The van der Waals surface area contributed by atoms with Crippen molar-refractivity contribution in [2.45, 2.75) is 19.4 Å².